The molecule has 59 heavy (non-hydrogen) atoms. The zero-order valence-electron chi connectivity index (χ0n) is 33.2. The maximum absolute atomic E-state index is 14.3. The number of benzene rings is 4. The van der Waals surface area contributed by atoms with Crippen molar-refractivity contribution in [1.29, 1.82) is 5.41 Å². The van der Waals surface area contributed by atoms with E-state index in [2.05, 4.69) is 78.1 Å². The first-order valence-electron chi connectivity index (χ1n) is 19.9. The predicted molar refractivity (Wildman–Crippen MR) is 231 cm³/mol. The molecule has 2 amide bonds. The van der Waals surface area contributed by atoms with Crippen molar-refractivity contribution in [3.05, 3.63) is 137 Å². The summed E-state index contributed by atoms with van der Waals surface area (Å²) in [6.07, 6.45) is 1.69. The van der Waals surface area contributed by atoms with E-state index in [-0.39, 0.29) is 23.6 Å². The number of nitrogens with two attached hydrogens (primary N) is 1. The first-order chi connectivity index (χ1) is 28.2. The number of nitrogens with zero attached hydrogens (tertiary/aromatic N) is 1. The Morgan fingerprint density at radius 2 is 1.39 bits per heavy atom. The standard InChI is InChI=1S/C46H51N4O8P/c1-26-30-23-24-31(39(52)34(30)40(53)35-33(26)41(54)37-38(50(2)3)42(55)36(45(48)57)43(47)46(37,58)44(35)56)49-32(51)22-14-7-15-25-59(27-16-8-4-9-17-27,28-18-10-5-11-19-28)29-20-12-6-13-21-29/h4-6,8-13,16-21,23-24,26,33,37-38,41,47,52,54-56,58-59H,7,14-15,22,25H2,1-3H3,(H2,48,57)(H,49,51)/t26-,33?,37?,38-,41-,46+/m0/s1. The smallest absolute Gasteiger partial charge is 0.510 e. The van der Waals surface area contributed by atoms with Gasteiger partial charge in [-0.15, -0.1) is 0 Å². The molecule has 9 N–H and O–H groups in total. The van der Waals surface area contributed by atoms with Gasteiger partial charge in [0.25, 0.3) is 5.91 Å². The quantitative estimate of drug-likeness (QED) is 0.0579. The maximum atomic E-state index is 14.3. The van der Waals surface area contributed by atoms with Crippen molar-refractivity contribution in [2.75, 3.05) is 25.6 Å². The van der Waals surface area contributed by atoms with E-state index in [1.54, 1.807) is 13.0 Å². The molecule has 0 radical (unpaired) electrons. The number of Topliss-reactive ketones (excluding diaryl/α,β-unsaturated/α-hetero) is 1. The van der Waals surface area contributed by atoms with Gasteiger partial charge in [-0.3, -0.25) is 9.69 Å². The van der Waals surface area contributed by atoms with E-state index in [1.807, 2.05) is 18.2 Å². The second-order valence-corrected chi connectivity index (χ2v) is 20.2. The fourth-order valence-electron chi connectivity index (χ4n) is 9.94. The molecular formula is C46H51N4O8P. The number of fused-ring (bicyclic) bond motifs is 3. The van der Waals surface area contributed by atoms with Gasteiger partial charge in [0, 0.05) is 5.92 Å². The second kappa shape index (κ2) is 16.2. The molecule has 2 unspecified atom stereocenters. The van der Waals surface area contributed by atoms with Crippen LogP contribution in [0.3, 0.4) is 0 Å². The van der Waals surface area contributed by atoms with Crippen LogP contribution in [-0.2, 0) is 9.59 Å². The number of unbranched alkanes of at least 4 members (excludes halogenated alkanes) is 2. The summed E-state index contributed by atoms with van der Waals surface area (Å²) in [5.74, 6) is -8.04. The Labute approximate surface area is 343 Å². The number of aliphatic hydroxyl groups excluding tert-OH is 3. The fourth-order valence-corrected chi connectivity index (χ4v) is 14.9. The molecule has 4 aromatic carbocycles. The van der Waals surface area contributed by atoms with Crippen LogP contribution in [0.2, 0.25) is 0 Å². The van der Waals surface area contributed by atoms with Gasteiger partial charge in [-0.2, -0.15) is 0 Å². The average Bonchev–Trinajstić information content (AvgIpc) is 3.22. The van der Waals surface area contributed by atoms with Gasteiger partial charge in [-0.25, -0.2) is 0 Å². The van der Waals surface area contributed by atoms with E-state index >= 15 is 0 Å². The van der Waals surface area contributed by atoms with Gasteiger partial charge >= 0.3 is 224 Å². The number of hydrogen-bond donors (Lipinski definition) is 8. The van der Waals surface area contributed by atoms with E-state index in [0.717, 1.165) is 19.0 Å². The van der Waals surface area contributed by atoms with Crippen LogP contribution in [0.1, 0.15) is 54.4 Å². The first-order valence-corrected chi connectivity index (χ1v) is 22.1. The van der Waals surface area contributed by atoms with Crippen LogP contribution >= 0.6 is 7.26 Å². The SMILES string of the molecule is C[C@H]1c2ccc(NC(=O)CCCCC[PH](c3ccccc3)(c3ccccc3)c3ccccc3)c(O)c2C(=O)C2=C(O)[C@]3(O)C(=N)C(C(N)=O)=C(O)[C@@H](N(C)C)C3[C@@H](O)C21. The number of anilines is 1. The van der Waals surface area contributed by atoms with Gasteiger partial charge in [0.15, 0.2) is 5.60 Å². The number of hydrogen-bond acceptors (Lipinski definition) is 10. The molecule has 0 bridgehead atoms. The number of rotatable bonds is 12. The molecule has 7 rings (SSSR count). The third kappa shape index (κ3) is 6.74. The van der Waals surface area contributed by atoms with Gasteiger partial charge < -0.3 is 31.6 Å². The molecule has 0 fully saturated rings. The van der Waals surface area contributed by atoms with Crippen molar-refractivity contribution in [3.8, 4) is 5.75 Å². The number of phenolic OH excluding ortho intramolecular Hbond substituents is 1. The Kier molecular flexibility index (Phi) is 11.4. The molecule has 0 saturated heterocycles. The predicted octanol–water partition coefficient (Wildman–Crippen LogP) is 4.33. The van der Waals surface area contributed by atoms with Gasteiger partial charge in [0.2, 0.25) is 0 Å². The number of aliphatic hydroxyl groups is 4. The molecule has 3 aliphatic carbocycles. The van der Waals surface area contributed by atoms with E-state index in [1.165, 1.54) is 41.0 Å². The van der Waals surface area contributed by atoms with E-state index < -0.39 is 88.6 Å². The van der Waals surface area contributed by atoms with Crippen LogP contribution in [0.5, 0.6) is 5.75 Å². The summed E-state index contributed by atoms with van der Waals surface area (Å²) in [5, 5.41) is 73.8. The number of likely N-dealkylation sites (N-methyl/N-ethyl adjacent to an activating group) is 1. The zero-order valence-corrected chi connectivity index (χ0v) is 34.2. The summed E-state index contributed by atoms with van der Waals surface area (Å²) in [6, 6.07) is 33.7. The number of carbonyl (C=O) groups excluding carboxylic acids is 3. The van der Waals surface area contributed by atoms with Crippen LogP contribution in [0, 0.1) is 17.2 Å². The summed E-state index contributed by atoms with van der Waals surface area (Å²) in [7, 11) is 0.618. The third-order valence-corrected chi connectivity index (χ3v) is 17.8. The molecule has 0 aromatic heterocycles. The Balaban J connectivity index is 1.10. The normalized spacial score (nSPS) is 24.3. The number of amides is 2. The molecular weight excluding hydrogens is 768 g/mol. The van der Waals surface area contributed by atoms with E-state index in [9.17, 15) is 39.9 Å². The van der Waals surface area contributed by atoms with Crippen molar-refractivity contribution < 1.29 is 39.9 Å². The molecule has 4 aromatic rings. The van der Waals surface area contributed by atoms with Crippen molar-refractivity contribution in [2.45, 2.75) is 56.3 Å². The summed E-state index contributed by atoms with van der Waals surface area (Å²) in [5.41, 5.74) is 0.647. The van der Waals surface area contributed by atoms with E-state index in [4.69, 9.17) is 11.1 Å². The van der Waals surface area contributed by atoms with Crippen molar-refractivity contribution in [2.24, 2.45) is 17.6 Å². The summed E-state index contributed by atoms with van der Waals surface area (Å²) < 4.78 is 0. The number of aromatic hydroxyl groups is 1. The minimum atomic E-state index is -2.80. The van der Waals surface area contributed by atoms with Gasteiger partial charge in [0.1, 0.15) is 17.1 Å². The Morgan fingerprint density at radius 3 is 1.90 bits per heavy atom. The number of primary amides is 1. The molecule has 6 atom stereocenters. The molecule has 0 aliphatic heterocycles. The summed E-state index contributed by atoms with van der Waals surface area (Å²) in [6.45, 7) is 1.68. The summed E-state index contributed by atoms with van der Waals surface area (Å²) >= 11 is 0. The van der Waals surface area contributed by atoms with Gasteiger partial charge in [0.05, 0.1) is 23.8 Å². The van der Waals surface area contributed by atoms with Crippen LogP contribution in [0.25, 0.3) is 0 Å². The monoisotopic (exact) mass is 818 g/mol. The topological polar surface area (TPSA) is 218 Å². The van der Waals surface area contributed by atoms with Crippen LogP contribution in [0.4, 0.5) is 5.69 Å². The van der Waals surface area contributed by atoms with Crippen molar-refractivity contribution in [3.63, 3.8) is 0 Å². The average molecular weight is 819 g/mol. The van der Waals surface area contributed by atoms with Gasteiger partial charge in [-0.1, -0.05) is 6.92 Å². The van der Waals surface area contributed by atoms with Crippen molar-refractivity contribution >= 4 is 52.2 Å². The number of phenols is 1. The minimum absolute atomic E-state index is 0.0219. The van der Waals surface area contributed by atoms with Gasteiger partial charge in [-0.05, 0) is 14.1 Å². The molecule has 0 spiro atoms. The Hall–Kier alpha value is -5.65. The molecule has 13 heteroatoms. The van der Waals surface area contributed by atoms with Crippen LogP contribution in [-0.4, -0.2) is 91.7 Å². The Bertz CT molecular complexity index is 2270. The van der Waals surface area contributed by atoms with Crippen LogP contribution < -0.4 is 27.0 Å². The fraction of sp³-hybridized carbons (Fsp3) is 0.304. The van der Waals surface area contributed by atoms with Crippen LogP contribution in [0.15, 0.2) is 126 Å². The summed E-state index contributed by atoms with van der Waals surface area (Å²) in [4.78, 5) is 41.5. The first kappa shape index (κ1) is 41.5. The number of carbonyl (C=O) groups is 3. The van der Waals surface area contributed by atoms with E-state index in [0.29, 0.717) is 12.0 Å². The third-order valence-electron chi connectivity index (χ3n) is 12.7. The number of ketones is 1. The zero-order chi connectivity index (χ0) is 42.4. The Morgan fingerprint density at radius 1 is 0.847 bits per heavy atom. The molecule has 308 valence electrons. The number of nitrogens with one attached hydrogen (secondary N) is 2. The second-order valence-electron chi connectivity index (χ2n) is 16.1. The molecule has 0 heterocycles. The molecule has 0 saturated carbocycles. The minimum Gasteiger partial charge on any atom is -0.510 e. The molecule has 12 nitrogen and oxygen atoms in total. The van der Waals surface area contributed by atoms with Crippen molar-refractivity contribution in [1.82, 2.24) is 4.90 Å². The molecule has 3 aliphatic rings.